The molecule has 0 fully saturated rings. The summed E-state index contributed by atoms with van der Waals surface area (Å²) >= 11 is 0. The van der Waals surface area contributed by atoms with Gasteiger partial charge in [0.25, 0.3) is 5.91 Å². The van der Waals surface area contributed by atoms with Crippen LogP contribution in [0.3, 0.4) is 0 Å². The van der Waals surface area contributed by atoms with Crippen molar-refractivity contribution in [3.63, 3.8) is 0 Å². The summed E-state index contributed by atoms with van der Waals surface area (Å²) in [5.74, 6) is 0.554. The molecule has 1 amide bonds. The first-order valence-electron chi connectivity index (χ1n) is 4.33. The minimum absolute atomic E-state index is 0.0913. The van der Waals surface area contributed by atoms with E-state index in [0.717, 1.165) is 6.42 Å². The van der Waals surface area contributed by atoms with E-state index in [1.54, 1.807) is 12.1 Å². The fourth-order valence-electron chi connectivity index (χ4n) is 0.882. The minimum Gasteiger partial charge on any atom is -0.380 e. The van der Waals surface area contributed by atoms with Gasteiger partial charge in [-0.15, -0.1) is 0 Å². The molecule has 0 spiro atoms. The lowest BCUT2D eigenvalue weighted by molar-refractivity contribution is -0.127. The van der Waals surface area contributed by atoms with Gasteiger partial charge in [0.1, 0.15) is 0 Å². The van der Waals surface area contributed by atoms with Crippen molar-refractivity contribution in [2.45, 2.75) is 19.8 Å². The molecule has 0 aliphatic carbocycles. The monoisotopic (exact) mass is 179 g/mol. The highest BCUT2D eigenvalue weighted by atomic mass is 16.7. The van der Waals surface area contributed by atoms with Crippen LogP contribution < -0.4 is 10.3 Å². The topological polar surface area (TPSA) is 38.3 Å². The zero-order valence-electron chi connectivity index (χ0n) is 7.62. The van der Waals surface area contributed by atoms with Crippen molar-refractivity contribution in [1.82, 2.24) is 5.48 Å². The van der Waals surface area contributed by atoms with Crippen LogP contribution in [-0.2, 0) is 4.79 Å². The quantitative estimate of drug-likeness (QED) is 0.717. The summed E-state index contributed by atoms with van der Waals surface area (Å²) in [6.07, 6.45) is 1.32. The Kier molecular flexibility index (Phi) is 3.82. The third-order valence-corrected chi connectivity index (χ3v) is 1.50. The van der Waals surface area contributed by atoms with Gasteiger partial charge in [-0.1, -0.05) is 25.1 Å². The summed E-state index contributed by atoms with van der Waals surface area (Å²) in [5.41, 5.74) is 2.36. The van der Waals surface area contributed by atoms with Crippen molar-refractivity contribution in [3.05, 3.63) is 30.3 Å². The lowest BCUT2D eigenvalue weighted by Crippen LogP contribution is -2.26. The summed E-state index contributed by atoms with van der Waals surface area (Å²) in [6, 6.07) is 9.15. The van der Waals surface area contributed by atoms with Crippen molar-refractivity contribution in [1.29, 1.82) is 0 Å². The molecule has 3 nitrogen and oxygen atoms in total. The van der Waals surface area contributed by atoms with E-state index >= 15 is 0 Å². The number of nitrogens with one attached hydrogen (secondary N) is 1. The van der Waals surface area contributed by atoms with Crippen LogP contribution in [0, 0.1) is 0 Å². The number of benzene rings is 1. The number of para-hydroxylation sites is 1. The van der Waals surface area contributed by atoms with E-state index in [1.807, 2.05) is 25.1 Å². The average Bonchev–Trinajstić information content (AvgIpc) is 2.17. The van der Waals surface area contributed by atoms with Crippen molar-refractivity contribution >= 4 is 5.91 Å². The van der Waals surface area contributed by atoms with Crippen LogP contribution in [0.15, 0.2) is 30.3 Å². The summed E-state index contributed by atoms with van der Waals surface area (Å²) in [4.78, 5) is 16.0. The Morgan fingerprint density at radius 3 is 2.69 bits per heavy atom. The number of amides is 1. The Morgan fingerprint density at radius 2 is 2.08 bits per heavy atom. The molecule has 1 rings (SSSR count). The van der Waals surface area contributed by atoms with Crippen LogP contribution in [0.25, 0.3) is 0 Å². The van der Waals surface area contributed by atoms with Crippen LogP contribution in [0.1, 0.15) is 19.8 Å². The second-order valence-electron chi connectivity index (χ2n) is 2.69. The maximum atomic E-state index is 11.0. The van der Waals surface area contributed by atoms with Gasteiger partial charge in [-0.25, -0.2) is 0 Å². The highest BCUT2D eigenvalue weighted by Crippen LogP contribution is 2.06. The Morgan fingerprint density at radius 1 is 1.38 bits per heavy atom. The van der Waals surface area contributed by atoms with E-state index in [9.17, 15) is 4.79 Å². The zero-order chi connectivity index (χ0) is 9.52. The smallest absolute Gasteiger partial charge is 0.252 e. The number of hydrogen-bond acceptors (Lipinski definition) is 2. The summed E-state index contributed by atoms with van der Waals surface area (Å²) < 4.78 is 0. The van der Waals surface area contributed by atoms with Crippen LogP contribution in [0.2, 0.25) is 0 Å². The van der Waals surface area contributed by atoms with E-state index in [2.05, 4.69) is 5.48 Å². The predicted octanol–water partition coefficient (Wildman–Crippen LogP) is 1.90. The molecule has 0 atom stereocenters. The van der Waals surface area contributed by atoms with Gasteiger partial charge in [0.15, 0.2) is 5.75 Å². The van der Waals surface area contributed by atoms with Crippen LogP contribution in [0.5, 0.6) is 5.75 Å². The lowest BCUT2D eigenvalue weighted by Gasteiger charge is -2.05. The number of hydrogen-bond donors (Lipinski definition) is 1. The number of rotatable bonds is 4. The van der Waals surface area contributed by atoms with Crippen LogP contribution in [-0.4, -0.2) is 5.91 Å². The second kappa shape index (κ2) is 5.19. The number of carbonyl (C=O) groups excluding carboxylic acids is 1. The molecule has 70 valence electrons. The van der Waals surface area contributed by atoms with Gasteiger partial charge in [0.05, 0.1) is 0 Å². The SMILES string of the molecule is CCCC(=O)NOc1ccccc1. The van der Waals surface area contributed by atoms with E-state index in [0.29, 0.717) is 12.2 Å². The van der Waals surface area contributed by atoms with Gasteiger partial charge in [-0.3, -0.25) is 4.79 Å². The molecule has 13 heavy (non-hydrogen) atoms. The first-order valence-corrected chi connectivity index (χ1v) is 4.33. The minimum atomic E-state index is -0.0913. The molecular weight excluding hydrogens is 166 g/mol. The normalized spacial score (nSPS) is 9.31. The van der Waals surface area contributed by atoms with Gasteiger partial charge in [0.2, 0.25) is 0 Å². The standard InChI is InChI=1S/C10H13NO2/c1-2-6-10(12)11-13-9-7-4-3-5-8-9/h3-5,7-8H,2,6H2,1H3,(H,11,12). The van der Waals surface area contributed by atoms with E-state index < -0.39 is 0 Å². The Balaban J connectivity index is 2.31. The molecular formula is C10H13NO2. The maximum absolute atomic E-state index is 11.0. The molecule has 0 aliphatic rings. The molecule has 3 heteroatoms. The van der Waals surface area contributed by atoms with E-state index in [-0.39, 0.29) is 5.91 Å². The lowest BCUT2D eigenvalue weighted by atomic mass is 10.3. The Labute approximate surface area is 77.7 Å². The van der Waals surface area contributed by atoms with Gasteiger partial charge in [-0.05, 0) is 18.6 Å². The molecule has 0 aromatic heterocycles. The van der Waals surface area contributed by atoms with Crippen LogP contribution in [0.4, 0.5) is 0 Å². The zero-order valence-corrected chi connectivity index (χ0v) is 7.62. The van der Waals surface area contributed by atoms with Crippen LogP contribution >= 0.6 is 0 Å². The van der Waals surface area contributed by atoms with E-state index in [1.165, 1.54) is 0 Å². The number of carbonyl (C=O) groups is 1. The largest absolute Gasteiger partial charge is 0.380 e. The molecule has 0 saturated carbocycles. The first kappa shape index (κ1) is 9.58. The molecule has 0 radical (unpaired) electrons. The third kappa shape index (κ3) is 3.60. The summed E-state index contributed by atoms with van der Waals surface area (Å²) in [6.45, 7) is 1.95. The molecule has 0 heterocycles. The van der Waals surface area contributed by atoms with Gasteiger partial charge >= 0.3 is 0 Å². The first-order chi connectivity index (χ1) is 6.33. The highest BCUT2D eigenvalue weighted by molar-refractivity contribution is 5.74. The Hall–Kier alpha value is -1.51. The average molecular weight is 179 g/mol. The highest BCUT2D eigenvalue weighted by Gasteiger charge is 1.98. The summed E-state index contributed by atoms with van der Waals surface area (Å²) in [5, 5.41) is 0. The van der Waals surface area contributed by atoms with Gasteiger partial charge in [-0.2, -0.15) is 5.48 Å². The molecule has 0 bridgehead atoms. The molecule has 0 saturated heterocycles. The van der Waals surface area contributed by atoms with Crippen molar-refractivity contribution in [3.8, 4) is 5.75 Å². The van der Waals surface area contributed by atoms with Crippen molar-refractivity contribution < 1.29 is 9.63 Å². The molecule has 1 aromatic carbocycles. The fourth-order valence-corrected chi connectivity index (χ4v) is 0.882. The Bertz CT molecular complexity index is 259. The van der Waals surface area contributed by atoms with Crippen molar-refractivity contribution in [2.24, 2.45) is 0 Å². The maximum Gasteiger partial charge on any atom is 0.252 e. The summed E-state index contributed by atoms with van der Waals surface area (Å²) in [7, 11) is 0. The second-order valence-corrected chi connectivity index (χ2v) is 2.69. The molecule has 0 aliphatic heterocycles. The fraction of sp³-hybridized carbons (Fsp3) is 0.300. The van der Waals surface area contributed by atoms with Gasteiger partial charge < -0.3 is 4.84 Å². The molecule has 0 unspecified atom stereocenters. The van der Waals surface area contributed by atoms with Gasteiger partial charge in [0, 0.05) is 6.42 Å². The molecule has 1 aromatic rings. The van der Waals surface area contributed by atoms with E-state index in [4.69, 9.17) is 4.84 Å². The number of hydroxylamine groups is 1. The van der Waals surface area contributed by atoms with Crippen molar-refractivity contribution in [2.75, 3.05) is 0 Å². The third-order valence-electron chi connectivity index (χ3n) is 1.50. The predicted molar refractivity (Wildman–Crippen MR) is 50.1 cm³/mol. The molecule has 1 N–H and O–H groups in total.